The standard InChI is InChI=1S/C19H26ClN3O/c1-22-12-8-21-19(22)14-16-6-7-17(20)15-18(16)24-13-5-11-23-9-3-2-4-10-23/h6-8,12,15H,2-5,9-11,13-14H2,1H3. The maximum atomic E-state index is 6.16. The Kier molecular flexibility index (Phi) is 6.16. The molecule has 4 nitrogen and oxygen atoms in total. The third-order valence-corrected chi connectivity index (χ3v) is 4.86. The molecule has 1 saturated heterocycles. The molecule has 0 unspecified atom stereocenters. The molecule has 2 aromatic rings. The van der Waals surface area contributed by atoms with Crippen molar-refractivity contribution in [1.29, 1.82) is 0 Å². The van der Waals surface area contributed by atoms with Gasteiger partial charge in [-0.3, -0.25) is 0 Å². The summed E-state index contributed by atoms with van der Waals surface area (Å²) in [6.07, 6.45) is 9.64. The molecule has 0 amide bonds. The zero-order valence-electron chi connectivity index (χ0n) is 14.4. The minimum atomic E-state index is 0.713. The number of hydrogen-bond acceptors (Lipinski definition) is 3. The summed E-state index contributed by atoms with van der Waals surface area (Å²) in [5, 5.41) is 0.713. The van der Waals surface area contributed by atoms with Crippen LogP contribution in [0.4, 0.5) is 0 Å². The molecular formula is C19H26ClN3O. The van der Waals surface area contributed by atoms with Crippen LogP contribution in [-0.2, 0) is 13.5 Å². The molecule has 0 spiro atoms. The predicted octanol–water partition coefficient (Wildman–Crippen LogP) is 3.92. The van der Waals surface area contributed by atoms with Crippen molar-refractivity contribution in [2.24, 2.45) is 7.05 Å². The van der Waals surface area contributed by atoms with Crippen LogP contribution in [-0.4, -0.2) is 40.7 Å². The monoisotopic (exact) mass is 347 g/mol. The average Bonchev–Trinajstić information content (AvgIpc) is 3.00. The first-order chi connectivity index (χ1) is 11.7. The van der Waals surface area contributed by atoms with E-state index < -0.39 is 0 Å². The molecule has 130 valence electrons. The first-order valence-electron chi connectivity index (χ1n) is 8.82. The van der Waals surface area contributed by atoms with Crippen molar-refractivity contribution in [3.05, 3.63) is 47.0 Å². The Labute approximate surface area is 149 Å². The molecule has 1 aliphatic heterocycles. The molecular weight excluding hydrogens is 322 g/mol. The quantitative estimate of drug-likeness (QED) is 0.711. The second-order valence-corrected chi connectivity index (χ2v) is 6.92. The third kappa shape index (κ3) is 4.74. The fraction of sp³-hybridized carbons (Fsp3) is 0.526. The number of piperidine rings is 1. The topological polar surface area (TPSA) is 30.3 Å². The largest absolute Gasteiger partial charge is 0.493 e. The summed E-state index contributed by atoms with van der Waals surface area (Å²) in [6.45, 7) is 4.32. The lowest BCUT2D eigenvalue weighted by Gasteiger charge is -2.26. The Morgan fingerprint density at radius 3 is 2.79 bits per heavy atom. The van der Waals surface area contributed by atoms with Gasteiger partial charge in [0, 0.05) is 43.0 Å². The van der Waals surface area contributed by atoms with Crippen LogP contribution in [0.5, 0.6) is 5.75 Å². The Morgan fingerprint density at radius 2 is 2.04 bits per heavy atom. The molecule has 24 heavy (non-hydrogen) atoms. The van der Waals surface area contributed by atoms with Crippen molar-refractivity contribution < 1.29 is 4.74 Å². The molecule has 5 heteroatoms. The lowest BCUT2D eigenvalue weighted by atomic mass is 10.1. The van der Waals surface area contributed by atoms with Gasteiger partial charge in [0.25, 0.3) is 0 Å². The molecule has 1 aliphatic rings. The number of likely N-dealkylation sites (tertiary alicyclic amines) is 1. The van der Waals surface area contributed by atoms with Crippen molar-refractivity contribution in [3.63, 3.8) is 0 Å². The second kappa shape index (κ2) is 8.54. The van der Waals surface area contributed by atoms with Gasteiger partial charge in [0.2, 0.25) is 0 Å². The van der Waals surface area contributed by atoms with E-state index in [0.717, 1.165) is 43.1 Å². The molecule has 0 bridgehead atoms. The average molecular weight is 348 g/mol. The molecule has 1 fully saturated rings. The number of imidazole rings is 1. The number of ether oxygens (including phenoxy) is 1. The zero-order valence-corrected chi connectivity index (χ0v) is 15.1. The van der Waals surface area contributed by atoms with E-state index in [1.165, 1.54) is 32.4 Å². The second-order valence-electron chi connectivity index (χ2n) is 6.49. The van der Waals surface area contributed by atoms with E-state index in [9.17, 15) is 0 Å². The van der Waals surface area contributed by atoms with Crippen molar-refractivity contribution in [2.75, 3.05) is 26.2 Å². The molecule has 0 radical (unpaired) electrons. The molecule has 0 N–H and O–H groups in total. The molecule has 1 aromatic carbocycles. The minimum Gasteiger partial charge on any atom is -0.493 e. The van der Waals surface area contributed by atoms with Crippen LogP contribution in [0.25, 0.3) is 0 Å². The molecule has 2 heterocycles. The number of aryl methyl sites for hydroxylation is 1. The molecule has 1 aromatic heterocycles. The fourth-order valence-corrected chi connectivity index (χ4v) is 3.36. The lowest BCUT2D eigenvalue weighted by Crippen LogP contribution is -2.31. The van der Waals surface area contributed by atoms with E-state index in [0.29, 0.717) is 5.02 Å². The van der Waals surface area contributed by atoms with Crippen LogP contribution < -0.4 is 4.74 Å². The zero-order chi connectivity index (χ0) is 16.8. The van der Waals surface area contributed by atoms with Crippen LogP contribution >= 0.6 is 11.6 Å². The molecule has 0 saturated carbocycles. The summed E-state index contributed by atoms with van der Waals surface area (Å²) >= 11 is 6.16. The lowest BCUT2D eigenvalue weighted by molar-refractivity contribution is 0.204. The van der Waals surface area contributed by atoms with Gasteiger partial charge in [-0.05, 0) is 44.5 Å². The van der Waals surface area contributed by atoms with Gasteiger partial charge in [0.15, 0.2) is 0 Å². The first kappa shape index (κ1) is 17.3. The smallest absolute Gasteiger partial charge is 0.124 e. The molecule has 0 aliphatic carbocycles. The number of hydrogen-bond donors (Lipinski definition) is 0. The highest BCUT2D eigenvalue weighted by atomic mass is 35.5. The van der Waals surface area contributed by atoms with Gasteiger partial charge in [-0.1, -0.05) is 24.1 Å². The highest BCUT2D eigenvalue weighted by Crippen LogP contribution is 2.25. The number of benzene rings is 1. The summed E-state index contributed by atoms with van der Waals surface area (Å²) in [5.41, 5.74) is 1.13. The van der Waals surface area contributed by atoms with Gasteiger partial charge >= 0.3 is 0 Å². The van der Waals surface area contributed by atoms with Crippen LogP contribution in [0.1, 0.15) is 37.1 Å². The van der Waals surface area contributed by atoms with Crippen LogP contribution in [0.3, 0.4) is 0 Å². The summed E-state index contributed by atoms with van der Waals surface area (Å²) in [4.78, 5) is 6.94. The van der Waals surface area contributed by atoms with Crippen molar-refractivity contribution in [3.8, 4) is 5.75 Å². The van der Waals surface area contributed by atoms with E-state index in [-0.39, 0.29) is 0 Å². The Bertz CT molecular complexity index is 650. The van der Waals surface area contributed by atoms with Gasteiger partial charge in [-0.2, -0.15) is 0 Å². The van der Waals surface area contributed by atoms with Crippen LogP contribution in [0.15, 0.2) is 30.6 Å². The minimum absolute atomic E-state index is 0.713. The van der Waals surface area contributed by atoms with E-state index >= 15 is 0 Å². The SMILES string of the molecule is Cn1ccnc1Cc1ccc(Cl)cc1OCCCN1CCCCC1. The van der Waals surface area contributed by atoms with Gasteiger partial charge in [-0.15, -0.1) is 0 Å². The van der Waals surface area contributed by atoms with E-state index in [1.54, 1.807) is 0 Å². The molecule has 3 rings (SSSR count). The maximum Gasteiger partial charge on any atom is 0.124 e. The summed E-state index contributed by atoms with van der Waals surface area (Å²) < 4.78 is 8.09. The number of aromatic nitrogens is 2. The summed E-state index contributed by atoms with van der Waals surface area (Å²) in [6, 6.07) is 5.87. The highest BCUT2D eigenvalue weighted by Gasteiger charge is 2.11. The first-order valence-corrected chi connectivity index (χ1v) is 9.20. The van der Waals surface area contributed by atoms with Crippen LogP contribution in [0.2, 0.25) is 5.02 Å². The van der Waals surface area contributed by atoms with E-state index in [1.807, 2.05) is 42.2 Å². The van der Waals surface area contributed by atoms with E-state index in [2.05, 4.69) is 9.88 Å². The van der Waals surface area contributed by atoms with Gasteiger partial charge in [-0.25, -0.2) is 4.98 Å². The Hall–Kier alpha value is -1.52. The number of rotatable bonds is 7. The Balaban J connectivity index is 1.55. The van der Waals surface area contributed by atoms with E-state index in [4.69, 9.17) is 16.3 Å². The van der Waals surface area contributed by atoms with Gasteiger partial charge in [0.05, 0.1) is 6.61 Å². The fourth-order valence-electron chi connectivity index (χ4n) is 3.20. The summed E-state index contributed by atoms with van der Waals surface area (Å²) in [5.74, 6) is 1.90. The number of halogens is 1. The summed E-state index contributed by atoms with van der Waals surface area (Å²) in [7, 11) is 2.01. The van der Waals surface area contributed by atoms with Gasteiger partial charge < -0.3 is 14.2 Å². The Morgan fingerprint density at radius 1 is 1.21 bits per heavy atom. The van der Waals surface area contributed by atoms with Crippen molar-refractivity contribution in [1.82, 2.24) is 14.5 Å². The maximum absolute atomic E-state index is 6.16. The highest BCUT2D eigenvalue weighted by molar-refractivity contribution is 6.30. The third-order valence-electron chi connectivity index (χ3n) is 4.62. The number of nitrogens with zero attached hydrogens (tertiary/aromatic N) is 3. The van der Waals surface area contributed by atoms with Gasteiger partial charge in [0.1, 0.15) is 11.6 Å². The molecule has 0 atom stereocenters. The van der Waals surface area contributed by atoms with Crippen molar-refractivity contribution in [2.45, 2.75) is 32.1 Å². The van der Waals surface area contributed by atoms with Crippen LogP contribution in [0, 0.1) is 0 Å². The van der Waals surface area contributed by atoms with Crippen molar-refractivity contribution >= 4 is 11.6 Å². The normalized spacial score (nSPS) is 15.6. The predicted molar refractivity (Wildman–Crippen MR) is 97.9 cm³/mol.